The number of imide groups is 1. The van der Waals surface area contributed by atoms with Crippen molar-refractivity contribution < 1.29 is 14.1 Å². The summed E-state index contributed by atoms with van der Waals surface area (Å²) >= 11 is 0. The number of urea groups is 1. The third-order valence-corrected chi connectivity index (χ3v) is 4.78. The minimum atomic E-state index is -1.24. The molecule has 3 aromatic rings. The smallest absolute Gasteiger partial charge is 0.325 e. The molecule has 28 heavy (non-hydrogen) atoms. The van der Waals surface area contributed by atoms with Crippen LogP contribution in [0.4, 0.5) is 4.79 Å². The van der Waals surface area contributed by atoms with Crippen LogP contribution < -0.4 is 5.32 Å². The molecule has 3 amide bonds. The number of hydrogen-bond donors (Lipinski definition) is 1. The molecule has 1 atom stereocenters. The molecule has 0 spiro atoms. The van der Waals surface area contributed by atoms with E-state index in [1.807, 2.05) is 36.4 Å². The number of nitriles is 1. The first-order valence-corrected chi connectivity index (χ1v) is 8.67. The van der Waals surface area contributed by atoms with E-state index in [0.29, 0.717) is 22.6 Å². The lowest BCUT2D eigenvalue weighted by atomic mass is 9.91. The van der Waals surface area contributed by atoms with Crippen LogP contribution in [0.2, 0.25) is 0 Å². The number of amides is 3. The van der Waals surface area contributed by atoms with Crippen LogP contribution in [0.15, 0.2) is 65.2 Å². The Hall–Kier alpha value is -3.92. The van der Waals surface area contributed by atoms with Crippen LogP contribution >= 0.6 is 0 Å². The fourth-order valence-corrected chi connectivity index (χ4v) is 3.22. The third-order valence-electron chi connectivity index (χ3n) is 4.78. The maximum absolute atomic E-state index is 13.0. The van der Waals surface area contributed by atoms with Crippen molar-refractivity contribution in [1.82, 2.24) is 15.4 Å². The Morgan fingerprint density at radius 1 is 1.14 bits per heavy atom. The van der Waals surface area contributed by atoms with Gasteiger partial charge in [0.25, 0.3) is 5.91 Å². The number of aromatic nitrogens is 1. The van der Waals surface area contributed by atoms with Crippen molar-refractivity contribution in [3.63, 3.8) is 0 Å². The van der Waals surface area contributed by atoms with Crippen LogP contribution in [0.3, 0.4) is 0 Å². The minimum Gasteiger partial charge on any atom is -0.356 e. The molecule has 0 bridgehead atoms. The highest BCUT2D eigenvalue weighted by atomic mass is 16.5. The second-order valence-corrected chi connectivity index (χ2v) is 6.69. The molecule has 0 saturated carbocycles. The van der Waals surface area contributed by atoms with E-state index in [9.17, 15) is 9.59 Å². The van der Waals surface area contributed by atoms with Crippen molar-refractivity contribution in [2.45, 2.75) is 19.0 Å². The summed E-state index contributed by atoms with van der Waals surface area (Å²) in [5.41, 5.74) is 1.06. The van der Waals surface area contributed by atoms with Gasteiger partial charge in [-0.2, -0.15) is 5.26 Å². The largest absolute Gasteiger partial charge is 0.356 e. The van der Waals surface area contributed by atoms with E-state index in [0.717, 1.165) is 10.5 Å². The van der Waals surface area contributed by atoms with E-state index in [1.54, 1.807) is 37.3 Å². The number of hydrogen-bond acceptors (Lipinski definition) is 5. The van der Waals surface area contributed by atoms with Crippen LogP contribution in [0.5, 0.6) is 0 Å². The molecule has 0 aliphatic carbocycles. The molecule has 7 heteroatoms. The zero-order chi connectivity index (χ0) is 19.7. The predicted molar refractivity (Wildman–Crippen MR) is 99.5 cm³/mol. The van der Waals surface area contributed by atoms with Gasteiger partial charge >= 0.3 is 6.03 Å². The summed E-state index contributed by atoms with van der Waals surface area (Å²) < 4.78 is 5.34. The first kappa shape index (κ1) is 17.5. The van der Waals surface area contributed by atoms with E-state index in [-0.39, 0.29) is 6.54 Å². The van der Waals surface area contributed by atoms with Gasteiger partial charge in [0.15, 0.2) is 5.76 Å². The van der Waals surface area contributed by atoms with Crippen molar-refractivity contribution in [2.75, 3.05) is 0 Å². The average Bonchev–Trinajstić information content (AvgIpc) is 3.28. The highest BCUT2D eigenvalue weighted by Crippen LogP contribution is 2.30. The van der Waals surface area contributed by atoms with Gasteiger partial charge in [0.05, 0.1) is 18.2 Å². The van der Waals surface area contributed by atoms with Gasteiger partial charge in [0.1, 0.15) is 11.2 Å². The molecule has 1 aliphatic heterocycles. The molecule has 2 aromatic carbocycles. The molecular weight excluding hydrogens is 356 g/mol. The Kier molecular flexibility index (Phi) is 4.17. The summed E-state index contributed by atoms with van der Waals surface area (Å²) in [5, 5.41) is 15.8. The first-order valence-electron chi connectivity index (χ1n) is 8.67. The molecule has 1 N–H and O–H groups in total. The Balaban J connectivity index is 1.58. The molecule has 1 aromatic heterocycles. The van der Waals surface area contributed by atoms with Gasteiger partial charge in [-0.1, -0.05) is 47.6 Å². The van der Waals surface area contributed by atoms with Crippen LogP contribution in [-0.4, -0.2) is 22.0 Å². The van der Waals surface area contributed by atoms with Crippen molar-refractivity contribution in [3.8, 4) is 17.4 Å². The number of carbonyl (C=O) groups is 2. The number of benzene rings is 2. The quantitative estimate of drug-likeness (QED) is 0.709. The van der Waals surface area contributed by atoms with Crippen molar-refractivity contribution in [3.05, 3.63) is 77.5 Å². The third kappa shape index (κ3) is 2.91. The predicted octanol–water partition coefficient (Wildman–Crippen LogP) is 3.18. The van der Waals surface area contributed by atoms with Crippen LogP contribution in [0.25, 0.3) is 11.3 Å². The lowest BCUT2D eigenvalue weighted by Gasteiger charge is -2.22. The first-order chi connectivity index (χ1) is 13.5. The fraction of sp³-hybridized carbons (Fsp3) is 0.143. The van der Waals surface area contributed by atoms with Crippen molar-refractivity contribution in [2.24, 2.45) is 0 Å². The molecule has 0 unspecified atom stereocenters. The minimum absolute atomic E-state index is 0.00543. The lowest BCUT2D eigenvalue weighted by Crippen LogP contribution is -2.40. The number of carbonyl (C=O) groups excluding carboxylic acids is 2. The molecule has 1 aliphatic rings. The monoisotopic (exact) mass is 372 g/mol. The number of rotatable bonds is 4. The van der Waals surface area contributed by atoms with E-state index < -0.39 is 17.5 Å². The molecule has 4 rings (SSSR count). The average molecular weight is 372 g/mol. The normalized spacial score (nSPS) is 18.8. The maximum atomic E-state index is 13.0. The Morgan fingerprint density at radius 2 is 1.93 bits per heavy atom. The van der Waals surface area contributed by atoms with Gasteiger partial charge in [0, 0.05) is 11.6 Å². The summed E-state index contributed by atoms with van der Waals surface area (Å²) in [4.78, 5) is 26.6. The molecule has 1 saturated heterocycles. The second-order valence-electron chi connectivity index (χ2n) is 6.69. The number of nitrogens with zero attached hydrogens (tertiary/aromatic N) is 3. The summed E-state index contributed by atoms with van der Waals surface area (Å²) in [6, 6.07) is 19.3. The van der Waals surface area contributed by atoms with E-state index in [2.05, 4.69) is 10.5 Å². The summed E-state index contributed by atoms with van der Waals surface area (Å²) in [6.45, 7) is 1.62. The Bertz CT molecular complexity index is 1100. The summed E-state index contributed by atoms with van der Waals surface area (Å²) in [5.74, 6) is 0.156. The van der Waals surface area contributed by atoms with Crippen LogP contribution in [-0.2, 0) is 16.9 Å². The van der Waals surface area contributed by atoms with Crippen molar-refractivity contribution in [1.29, 1.82) is 5.26 Å². The van der Waals surface area contributed by atoms with Gasteiger partial charge in [-0.3, -0.25) is 9.69 Å². The van der Waals surface area contributed by atoms with Gasteiger partial charge < -0.3 is 9.84 Å². The molecular formula is C21H16N4O3. The van der Waals surface area contributed by atoms with Crippen molar-refractivity contribution >= 4 is 11.9 Å². The SMILES string of the molecule is C[C@]1(c2cccc(C#N)c2)NC(=O)N(Cc2cc(-c3ccccc3)on2)C1=O. The molecule has 7 nitrogen and oxygen atoms in total. The number of nitrogens with one attached hydrogen (secondary N) is 1. The Morgan fingerprint density at radius 3 is 2.68 bits per heavy atom. The van der Waals surface area contributed by atoms with Gasteiger partial charge in [-0.25, -0.2) is 4.79 Å². The molecule has 1 fully saturated rings. The molecule has 138 valence electrons. The van der Waals surface area contributed by atoms with Crippen LogP contribution in [0, 0.1) is 11.3 Å². The standard InChI is InChI=1S/C21H16N4O3/c1-21(16-9-5-6-14(10-16)12-22)19(26)25(20(27)23-21)13-17-11-18(28-24-17)15-7-3-2-4-8-15/h2-11H,13H2,1H3,(H,23,27)/t21-/m1/s1. The Labute approximate surface area is 161 Å². The zero-order valence-electron chi connectivity index (χ0n) is 15.0. The molecule has 0 radical (unpaired) electrons. The van der Waals surface area contributed by atoms with E-state index in [4.69, 9.17) is 9.78 Å². The van der Waals surface area contributed by atoms with Gasteiger partial charge in [-0.15, -0.1) is 0 Å². The molecule has 2 heterocycles. The lowest BCUT2D eigenvalue weighted by molar-refractivity contribution is -0.131. The zero-order valence-corrected chi connectivity index (χ0v) is 15.0. The van der Waals surface area contributed by atoms with E-state index in [1.165, 1.54) is 0 Å². The summed E-state index contributed by atoms with van der Waals surface area (Å²) in [7, 11) is 0. The van der Waals surface area contributed by atoms with Gasteiger partial charge in [0.2, 0.25) is 0 Å². The fourth-order valence-electron chi connectivity index (χ4n) is 3.22. The van der Waals surface area contributed by atoms with Gasteiger partial charge in [-0.05, 0) is 24.6 Å². The maximum Gasteiger partial charge on any atom is 0.325 e. The highest BCUT2D eigenvalue weighted by molar-refractivity contribution is 6.07. The van der Waals surface area contributed by atoms with Crippen LogP contribution in [0.1, 0.15) is 23.7 Å². The highest BCUT2D eigenvalue weighted by Gasteiger charge is 2.49. The second kappa shape index (κ2) is 6.67. The summed E-state index contributed by atoms with van der Waals surface area (Å²) in [6.07, 6.45) is 0. The topological polar surface area (TPSA) is 99.2 Å². The van der Waals surface area contributed by atoms with E-state index >= 15 is 0 Å².